The lowest BCUT2D eigenvalue weighted by Gasteiger charge is -2.27. The first-order valence-electron chi connectivity index (χ1n) is 6.76. The lowest BCUT2D eigenvalue weighted by Crippen LogP contribution is -2.53. The maximum absolute atomic E-state index is 11.6. The maximum Gasteiger partial charge on any atom is 0.326 e. The summed E-state index contributed by atoms with van der Waals surface area (Å²) in [5, 5.41) is 16.7. The van der Waals surface area contributed by atoms with Gasteiger partial charge in [-0.1, -0.05) is 20.8 Å². The first-order valence-corrected chi connectivity index (χ1v) is 6.76. The third-order valence-corrected chi connectivity index (χ3v) is 3.05. The molecular formula is C13H23N3O4. The van der Waals surface area contributed by atoms with Crippen molar-refractivity contribution in [3.8, 4) is 0 Å². The second-order valence-corrected chi connectivity index (χ2v) is 6.10. The van der Waals surface area contributed by atoms with E-state index in [1.54, 1.807) is 20.8 Å². The molecule has 1 rings (SSSR count). The standard InChI is InChI=1S/C13H23N3O4/c1-13(2,3)9(11(18)19)16-12(20)15-7-6-14-10(17)8-4-5-8/h8-9H,4-7H2,1-3H3,(H,14,17)(H,18,19)(H2,15,16,20)/t9-/m0/s1. The number of aliphatic carboxylic acids is 1. The van der Waals surface area contributed by atoms with Crippen molar-refractivity contribution in [3.05, 3.63) is 0 Å². The number of hydrogen-bond acceptors (Lipinski definition) is 3. The first kappa shape index (κ1) is 16.3. The van der Waals surface area contributed by atoms with E-state index in [0.29, 0.717) is 6.54 Å². The van der Waals surface area contributed by atoms with Crippen molar-refractivity contribution < 1.29 is 19.5 Å². The molecule has 1 saturated carbocycles. The fourth-order valence-electron chi connectivity index (χ4n) is 1.68. The van der Waals surface area contributed by atoms with Crippen molar-refractivity contribution in [1.82, 2.24) is 16.0 Å². The molecule has 1 fully saturated rings. The van der Waals surface area contributed by atoms with Crippen molar-refractivity contribution in [2.75, 3.05) is 13.1 Å². The molecule has 7 heteroatoms. The van der Waals surface area contributed by atoms with Gasteiger partial charge in [-0.2, -0.15) is 0 Å². The smallest absolute Gasteiger partial charge is 0.326 e. The summed E-state index contributed by atoms with van der Waals surface area (Å²) < 4.78 is 0. The molecule has 20 heavy (non-hydrogen) atoms. The normalized spacial score (nSPS) is 16.1. The Kier molecular flexibility index (Phi) is 5.35. The second-order valence-electron chi connectivity index (χ2n) is 6.10. The van der Waals surface area contributed by atoms with Crippen LogP contribution in [0.2, 0.25) is 0 Å². The lowest BCUT2D eigenvalue weighted by atomic mass is 9.87. The molecule has 0 radical (unpaired) electrons. The second kappa shape index (κ2) is 6.58. The van der Waals surface area contributed by atoms with E-state index in [0.717, 1.165) is 12.8 Å². The SMILES string of the molecule is CC(C)(C)[C@@H](NC(=O)NCCNC(=O)C1CC1)C(=O)O. The highest BCUT2D eigenvalue weighted by atomic mass is 16.4. The van der Waals surface area contributed by atoms with Crippen molar-refractivity contribution in [2.24, 2.45) is 11.3 Å². The fraction of sp³-hybridized carbons (Fsp3) is 0.769. The summed E-state index contributed by atoms with van der Waals surface area (Å²) in [5.41, 5.74) is -0.580. The minimum atomic E-state index is -1.07. The summed E-state index contributed by atoms with van der Waals surface area (Å²) in [7, 11) is 0. The largest absolute Gasteiger partial charge is 0.480 e. The summed E-state index contributed by atoms with van der Waals surface area (Å²) in [6.45, 7) is 5.82. The third-order valence-electron chi connectivity index (χ3n) is 3.05. The molecule has 0 heterocycles. The van der Waals surface area contributed by atoms with E-state index in [4.69, 9.17) is 5.11 Å². The Bertz CT molecular complexity index is 386. The van der Waals surface area contributed by atoms with Crippen LogP contribution in [0.3, 0.4) is 0 Å². The van der Waals surface area contributed by atoms with Gasteiger partial charge in [-0.05, 0) is 18.3 Å². The van der Waals surface area contributed by atoms with Crippen molar-refractivity contribution in [1.29, 1.82) is 0 Å². The Labute approximate surface area is 118 Å². The molecule has 0 unspecified atom stereocenters. The Balaban J connectivity index is 2.24. The molecule has 0 saturated heterocycles. The Hall–Kier alpha value is -1.79. The van der Waals surface area contributed by atoms with Crippen LogP contribution in [-0.4, -0.2) is 42.1 Å². The van der Waals surface area contributed by atoms with Crippen LogP contribution in [0.1, 0.15) is 33.6 Å². The van der Waals surface area contributed by atoms with Crippen molar-refractivity contribution in [2.45, 2.75) is 39.7 Å². The molecule has 1 aliphatic carbocycles. The number of carbonyl (C=O) groups is 3. The molecule has 4 N–H and O–H groups in total. The first-order chi connectivity index (χ1) is 9.21. The number of urea groups is 1. The molecule has 3 amide bonds. The van der Waals surface area contributed by atoms with Gasteiger partial charge in [0.15, 0.2) is 0 Å². The van der Waals surface area contributed by atoms with Gasteiger partial charge in [-0.15, -0.1) is 0 Å². The highest BCUT2D eigenvalue weighted by molar-refractivity contribution is 5.83. The van der Waals surface area contributed by atoms with E-state index in [1.165, 1.54) is 0 Å². The van der Waals surface area contributed by atoms with Crippen LogP contribution in [0, 0.1) is 11.3 Å². The van der Waals surface area contributed by atoms with Crippen LogP contribution in [0.15, 0.2) is 0 Å². The van der Waals surface area contributed by atoms with Gasteiger partial charge in [-0.25, -0.2) is 9.59 Å². The molecule has 0 spiro atoms. The molecule has 0 aromatic rings. The number of rotatable bonds is 6. The van der Waals surface area contributed by atoms with Gasteiger partial charge in [-0.3, -0.25) is 4.79 Å². The van der Waals surface area contributed by atoms with Gasteiger partial charge in [0.05, 0.1) is 0 Å². The zero-order chi connectivity index (χ0) is 15.3. The highest BCUT2D eigenvalue weighted by Gasteiger charge is 2.32. The number of hydrogen-bond donors (Lipinski definition) is 4. The number of carboxylic acids is 1. The highest BCUT2D eigenvalue weighted by Crippen LogP contribution is 2.28. The molecule has 1 aliphatic rings. The van der Waals surface area contributed by atoms with E-state index in [2.05, 4.69) is 16.0 Å². The summed E-state index contributed by atoms with van der Waals surface area (Å²) in [4.78, 5) is 34.0. The quantitative estimate of drug-likeness (QED) is 0.527. The van der Waals surface area contributed by atoms with Crippen LogP contribution in [0.5, 0.6) is 0 Å². The fourth-order valence-corrected chi connectivity index (χ4v) is 1.68. The van der Waals surface area contributed by atoms with Crippen LogP contribution in [0.25, 0.3) is 0 Å². The van der Waals surface area contributed by atoms with Crippen LogP contribution in [-0.2, 0) is 9.59 Å². The lowest BCUT2D eigenvalue weighted by molar-refractivity contribution is -0.141. The molecule has 0 aromatic heterocycles. The van der Waals surface area contributed by atoms with Gasteiger partial charge in [0.2, 0.25) is 5.91 Å². The van der Waals surface area contributed by atoms with E-state index in [9.17, 15) is 14.4 Å². The predicted molar refractivity (Wildman–Crippen MR) is 73.1 cm³/mol. The molecule has 0 bridgehead atoms. The van der Waals surface area contributed by atoms with Gasteiger partial charge in [0.25, 0.3) is 0 Å². The summed E-state index contributed by atoms with van der Waals surface area (Å²) in [6.07, 6.45) is 1.87. The van der Waals surface area contributed by atoms with Crippen molar-refractivity contribution in [3.63, 3.8) is 0 Å². The minimum absolute atomic E-state index is 0.0188. The molecule has 1 atom stereocenters. The Morgan fingerprint density at radius 2 is 1.70 bits per heavy atom. The molecule has 0 aliphatic heterocycles. The van der Waals surface area contributed by atoms with E-state index >= 15 is 0 Å². The number of amides is 3. The molecule has 114 valence electrons. The van der Waals surface area contributed by atoms with E-state index in [-0.39, 0.29) is 18.4 Å². The summed E-state index contributed by atoms with van der Waals surface area (Å²) in [5.74, 6) is -0.916. The number of carbonyl (C=O) groups excluding carboxylic acids is 2. The van der Waals surface area contributed by atoms with Gasteiger partial charge < -0.3 is 21.1 Å². The van der Waals surface area contributed by atoms with Gasteiger partial charge in [0.1, 0.15) is 6.04 Å². The van der Waals surface area contributed by atoms with Crippen LogP contribution < -0.4 is 16.0 Å². The average molecular weight is 285 g/mol. The zero-order valence-electron chi connectivity index (χ0n) is 12.2. The number of carboxylic acid groups (broad SMARTS) is 1. The number of nitrogens with one attached hydrogen (secondary N) is 3. The topological polar surface area (TPSA) is 108 Å². The van der Waals surface area contributed by atoms with E-state index < -0.39 is 23.5 Å². The van der Waals surface area contributed by atoms with E-state index in [1.807, 2.05) is 0 Å². The molecule has 0 aromatic carbocycles. The third kappa shape index (κ3) is 5.46. The predicted octanol–water partition coefficient (Wildman–Crippen LogP) is 0.311. The van der Waals surface area contributed by atoms with Crippen molar-refractivity contribution >= 4 is 17.9 Å². The summed E-state index contributed by atoms with van der Waals surface area (Å²) in [6, 6.07) is -1.52. The summed E-state index contributed by atoms with van der Waals surface area (Å²) >= 11 is 0. The Morgan fingerprint density at radius 3 is 2.15 bits per heavy atom. The zero-order valence-corrected chi connectivity index (χ0v) is 12.2. The van der Waals surface area contributed by atoms with Gasteiger partial charge in [0, 0.05) is 19.0 Å². The van der Waals surface area contributed by atoms with Crippen LogP contribution in [0.4, 0.5) is 4.79 Å². The monoisotopic (exact) mass is 285 g/mol. The van der Waals surface area contributed by atoms with Crippen LogP contribution >= 0.6 is 0 Å². The maximum atomic E-state index is 11.6. The molecular weight excluding hydrogens is 262 g/mol. The van der Waals surface area contributed by atoms with Gasteiger partial charge >= 0.3 is 12.0 Å². The minimum Gasteiger partial charge on any atom is -0.480 e. The molecule has 7 nitrogen and oxygen atoms in total. The Morgan fingerprint density at radius 1 is 1.15 bits per heavy atom. The average Bonchev–Trinajstić information content (AvgIpc) is 3.13.